The Kier molecular flexibility index (Phi) is 4.30. The van der Waals surface area contributed by atoms with Gasteiger partial charge in [0.15, 0.2) is 0 Å². The molecular weight excluding hydrogens is 240 g/mol. The third kappa shape index (κ3) is 3.40. The molecule has 1 aliphatic rings. The van der Waals surface area contributed by atoms with Gasteiger partial charge in [-0.3, -0.25) is 4.79 Å². The molecule has 1 saturated heterocycles. The summed E-state index contributed by atoms with van der Waals surface area (Å²) in [4.78, 5) is 15.9. The highest BCUT2D eigenvalue weighted by atomic mass is 16.5. The van der Waals surface area contributed by atoms with Crippen molar-refractivity contribution in [2.45, 2.75) is 26.4 Å². The summed E-state index contributed by atoms with van der Waals surface area (Å²) in [5.41, 5.74) is 1.01. The van der Waals surface area contributed by atoms with Crippen molar-refractivity contribution in [3.63, 3.8) is 0 Å². The van der Waals surface area contributed by atoms with E-state index >= 15 is 0 Å². The standard InChI is InChI=1S/C15H22N2O2/c1-12(2)19-14-8-5-4-7-13(14)17-10-6-9-16(3)15(18)11-17/h4-5,7-8,12H,6,9-11H2,1-3H3. The third-order valence-electron chi connectivity index (χ3n) is 3.24. The monoisotopic (exact) mass is 262 g/mol. The van der Waals surface area contributed by atoms with Crippen LogP contribution in [0.4, 0.5) is 5.69 Å². The number of nitrogens with zero attached hydrogens (tertiary/aromatic N) is 2. The number of carbonyl (C=O) groups excluding carboxylic acids is 1. The van der Waals surface area contributed by atoms with Crippen molar-refractivity contribution in [3.05, 3.63) is 24.3 Å². The summed E-state index contributed by atoms with van der Waals surface area (Å²) in [6.07, 6.45) is 1.12. The Balaban J connectivity index is 2.22. The second-order valence-corrected chi connectivity index (χ2v) is 5.22. The van der Waals surface area contributed by atoms with E-state index in [4.69, 9.17) is 4.74 Å². The predicted molar refractivity (Wildman–Crippen MR) is 76.7 cm³/mol. The van der Waals surface area contributed by atoms with Gasteiger partial charge in [0.1, 0.15) is 5.75 Å². The zero-order valence-electron chi connectivity index (χ0n) is 11.9. The topological polar surface area (TPSA) is 32.8 Å². The van der Waals surface area contributed by atoms with Gasteiger partial charge in [0.2, 0.25) is 5.91 Å². The molecule has 0 saturated carbocycles. The van der Waals surface area contributed by atoms with Crippen LogP contribution in [-0.4, -0.2) is 43.6 Å². The molecule has 1 aromatic rings. The van der Waals surface area contributed by atoms with E-state index in [1.165, 1.54) is 0 Å². The van der Waals surface area contributed by atoms with Crippen LogP contribution in [0.2, 0.25) is 0 Å². The van der Waals surface area contributed by atoms with Gasteiger partial charge >= 0.3 is 0 Å². The van der Waals surface area contributed by atoms with Gasteiger partial charge in [-0.15, -0.1) is 0 Å². The summed E-state index contributed by atoms with van der Waals surface area (Å²) in [6.45, 7) is 6.16. The molecule has 4 heteroatoms. The van der Waals surface area contributed by atoms with Crippen molar-refractivity contribution in [2.75, 3.05) is 31.6 Å². The molecule has 19 heavy (non-hydrogen) atoms. The molecule has 0 radical (unpaired) electrons. The summed E-state index contributed by atoms with van der Waals surface area (Å²) in [6, 6.07) is 7.94. The first kappa shape index (κ1) is 13.7. The first-order valence-electron chi connectivity index (χ1n) is 6.82. The first-order valence-corrected chi connectivity index (χ1v) is 6.82. The van der Waals surface area contributed by atoms with Gasteiger partial charge in [-0.05, 0) is 32.4 Å². The highest BCUT2D eigenvalue weighted by Gasteiger charge is 2.21. The molecule has 2 rings (SSSR count). The zero-order chi connectivity index (χ0) is 13.8. The van der Waals surface area contributed by atoms with E-state index in [-0.39, 0.29) is 12.0 Å². The van der Waals surface area contributed by atoms with Crippen LogP contribution in [0.1, 0.15) is 20.3 Å². The molecule has 0 bridgehead atoms. The molecule has 0 aliphatic carbocycles. The minimum absolute atomic E-state index is 0.131. The maximum Gasteiger partial charge on any atom is 0.241 e. The van der Waals surface area contributed by atoms with E-state index in [0.717, 1.165) is 30.9 Å². The molecule has 0 N–H and O–H groups in total. The minimum atomic E-state index is 0.131. The fraction of sp³-hybridized carbons (Fsp3) is 0.533. The van der Waals surface area contributed by atoms with Crippen molar-refractivity contribution in [3.8, 4) is 5.75 Å². The Bertz CT molecular complexity index is 446. The lowest BCUT2D eigenvalue weighted by atomic mass is 10.2. The van der Waals surface area contributed by atoms with Crippen LogP contribution in [0.5, 0.6) is 5.75 Å². The molecule has 104 valence electrons. The maximum atomic E-state index is 12.0. The lowest BCUT2D eigenvalue weighted by Crippen LogP contribution is -2.34. The van der Waals surface area contributed by atoms with Crippen molar-refractivity contribution >= 4 is 11.6 Å². The molecular formula is C15H22N2O2. The second kappa shape index (κ2) is 5.95. The second-order valence-electron chi connectivity index (χ2n) is 5.22. The normalized spacial score (nSPS) is 16.7. The van der Waals surface area contributed by atoms with E-state index in [1.807, 2.05) is 45.2 Å². The average Bonchev–Trinajstić information content (AvgIpc) is 2.52. The number of hydrogen-bond acceptors (Lipinski definition) is 3. The van der Waals surface area contributed by atoms with Crippen molar-refractivity contribution in [1.82, 2.24) is 4.90 Å². The van der Waals surface area contributed by atoms with Gasteiger partial charge in [0.25, 0.3) is 0 Å². The van der Waals surface area contributed by atoms with Crippen LogP contribution < -0.4 is 9.64 Å². The number of hydrogen-bond donors (Lipinski definition) is 0. The van der Waals surface area contributed by atoms with Crippen LogP contribution in [0.15, 0.2) is 24.3 Å². The fourth-order valence-electron chi connectivity index (χ4n) is 2.26. The highest BCUT2D eigenvalue weighted by molar-refractivity contribution is 5.82. The smallest absolute Gasteiger partial charge is 0.241 e. The van der Waals surface area contributed by atoms with E-state index in [0.29, 0.717) is 6.54 Å². The van der Waals surface area contributed by atoms with Crippen LogP contribution in [-0.2, 0) is 4.79 Å². The summed E-state index contributed by atoms with van der Waals surface area (Å²) in [5, 5.41) is 0. The van der Waals surface area contributed by atoms with E-state index in [2.05, 4.69) is 4.90 Å². The number of para-hydroxylation sites is 2. The highest BCUT2D eigenvalue weighted by Crippen LogP contribution is 2.29. The number of benzene rings is 1. The fourth-order valence-corrected chi connectivity index (χ4v) is 2.26. The van der Waals surface area contributed by atoms with Gasteiger partial charge in [0.05, 0.1) is 18.3 Å². The molecule has 1 heterocycles. The van der Waals surface area contributed by atoms with Crippen LogP contribution >= 0.6 is 0 Å². The minimum Gasteiger partial charge on any atom is -0.489 e. The number of ether oxygens (including phenoxy) is 1. The molecule has 0 aromatic heterocycles. The number of likely N-dealkylation sites (N-methyl/N-ethyl adjacent to an activating group) is 1. The number of carbonyl (C=O) groups is 1. The Labute approximate surface area is 115 Å². The molecule has 1 aromatic carbocycles. The number of rotatable bonds is 3. The molecule has 0 unspecified atom stereocenters. The lowest BCUT2D eigenvalue weighted by Gasteiger charge is -2.25. The molecule has 0 spiro atoms. The van der Waals surface area contributed by atoms with Gasteiger partial charge in [-0.1, -0.05) is 12.1 Å². The van der Waals surface area contributed by atoms with Gasteiger partial charge in [-0.2, -0.15) is 0 Å². The number of amides is 1. The molecule has 0 atom stereocenters. The number of anilines is 1. The summed E-state index contributed by atoms with van der Waals surface area (Å²) in [7, 11) is 1.86. The quantitative estimate of drug-likeness (QED) is 0.836. The summed E-state index contributed by atoms with van der Waals surface area (Å²) >= 11 is 0. The van der Waals surface area contributed by atoms with Gasteiger partial charge < -0.3 is 14.5 Å². The predicted octanol–water partition coefficient (Wildman–Crippen LogP) is 2.14. The third-order valence-corrected chi connectivity index (χ3v) is 3.24. The Morgan fingerprint density at radius 2 is 1.95 bits per heavy atom. The summed E-state index contributed by atoms with van der Waals surface area (Å²) in [5.74, 6) is 1.02. The summed E-state index contributed by atoms with van der Waals surface area (Å²) < 4.78 is 5.83. The Morgan fingerprint density at radius 3 is 2.68 bits per heavy atom. The molecule has 1 fully saturated rings. The van der Waals surface area contributed by atoms with E-state index in [1.54, 1.807) is 4.90 Å². The molecule has 1 aliphatic heterocycles. The lowest BCUT2D eigenvalue weighted by molar-refractivity contribution is -0.127. The van der Waals surface area contributed by atoms with Gasteiger partial charge in [0, 0.05) is 20.1 Å². The maximum absolute atomic E-state index is 12.0. The zero-order valence-corrected chi connectivity index (χ0v) is 11.9. The SMILES string of the molecule is CC(C)Oc1ccccc1N1CCCN(C)C(=O)C1. The van der Waals surface area contributed by atoms with E-state index < -0.39 is 0 Å². The van der Waals surface area contributed by atoms with Crippen molar-refractivity contribution in [2.24, 2.45) is 0 Å². The first-order chi connectivity index (χ1) is 9.08. The average molecular weight is 262 g/mol. The van der Waals surface area contributed by atoms with Crippen LogP contribution in [0.25, 0.3) is 0 Å². The largest absolute Gasteiger partial charge is 0.489 e. The van der Waals surface area contributed by atoms with Crippen molar-refractivity contribution < 1.29 is 9.53 Å². The Hall–Kier alpha value is -1.71. The Morgan fingerprint density at radius 1 is 1.21 bits per heavy atom. The van der Waals surface area contributed by atoms with Crippen LogP contribution in [0.3, 0.4) is 0 Å². The molecule has 1 amide bonds. The van der Waals surface area contributed by atoms with Crippen molar-refractivity contribution in [1.29, 1.82) is 0 Å². The van der Waals surface area contributed by atoms with Crippen LogP contribution in [0, 0.1) is 0 Å². The van der Waals surface area contributed by atoms with E-state index in [9.17, 15) is 4.79 Å². The van der Waals surface area contributed by atoms with Gasteiger partial charge in [-0.25, -0.2) is 0 Å². The molecule has 4 nitrogen and oxygen atoms in total.